The molecule has 2 rings (SSSR count). The summed E-state index contributed by atoms with van der Waals surface area (Å²) in [6, 6.07) is 9.26. The van der Waals surface area contributed by atoms with Crippen molar-refractivity contribution in [2.45, 2.75) is 56.4 Å². The number of hydrogen-bond donors (Lipinski definition) is 2. The average Bonchev–Trinajstić information content (AvgIpc) is 2.94. The molecule has 0 amide bonds. The number of rotatable bonds is 9. The van der Waals surface area contributed by atoms with E-state index in [9.17, 15) is 4.79 Å². The minimum atomic E-state index is -0.701. The molecule has 0 fully saturated rings. The van der Waals surface area contributed by atoms with Crippen molar-refractivity contribution in [3.63, 3.8) is 0 Å². The first-order valence-corrected chi connectivity index (χ1v) is 8.89. The number of aliphatic imine (C=N–C) groups is 1. The summed E-state index contributed by atoms with van der Waals surface area (Å²) < 4.78 is 8.55. The highest BCUT2D eigenvalue weighted by molar-refractivity contribution is 7.98. The van der Waals surface area contributed by atoms with Crippen molar-refractivity contribution in [2.24, 2.45) is 4.99 Å². The topological polar surface area (TPSA) is 70.9 Å². The van der Waals surface area contributed by atoms with E-state index in [0.717, 1.165) is 37.0 Å². The molecule has 1 aromatic carbocycles. The number of amidine groups is 1. The third kappa shape index (κ3) is 6.95. The van der Waals surface area contributed by atoms with Crippen molar-refractivity contribution >= 4 is 23.9 Å². The summed E-state index contributed by atoms with van der Waals surface area (Å²) in [5, 5.41) is 8.60. The molecule has 1 aliphatic rings. The van der Waals surface area contributed by atoms with E-state index in [-0.39, 0.29) is 12.5 Å². The second-order valence-corrected chi connectivity index (χ2v) is 6.63. The van der Waals surface area contributed by atoms with Crippen molar-refractivity contribution in [3.05, 3.63) is 29.8 Å². The molecule has 0 aliphatic carbocycles. The lowest BCUT2D eigenvalue weighted by Crippen LogP contribution is -2.15. The normalized spacial score (nSPS) is 16.7. The third-order valence-corrected chi connectivity index (χ3v) is 4.33. The van der Waals surface area contributed by atoms with Gasteiger partial charge in [0.25, 0.3) is 6.02 Å². The highest BCUT2D eigenvalue weighted by Crippen LogP contribution is 2.19. The van der Waals surface area contributed by atoms with E-state index in [1.54, 1.807) is 0 Å². The molecule has 1 unspecified atom stereocenters. The molecule has 0 saturated heterocycles. The SMILES string of the molecule is CC1COC(NSc2cccc(CCCCCCC(=O)O)c2)=N1. The van der Waals surface area contributed by atoms with Gasteiger partial charge in [0.15, 0.2) is 0 Å². The average molecular weight is 336 g/mol. The van der Waals surface area contributed by atoms with Gasteiger partial charge in [-0.05, 0) is 55.8 Å². The predicted octanol–water partition coefficient (Wildman–Crippen LogP) is 3.64. The van der Waals surface area contributed by atoms with Crippen LogP contribution >= 0.6 is 11.9 Å². The molecule has 23 heavy (non-hydrogen) atoms. The smallest absolute Gasteiger partial charge is 0.303 e. The van der Waals surface area contributed by atoms with Crippen LogP contribution in [0, 0.1) is 0 Å². The Bertz CT molecular complexity index is 548. The highest BCUT2D eigenvalue weighted by atomic mass is 32.2. The zero-order chi connectivity index (χ0) is 16.5. The second kappa shape index (κ2) is 9.45. The van der Waals surface area contributed by atoms with E-state index < -0.39 is 5.97 Å². The van der Waals surface area contributed by atoms with Crippen LogP contribution in [0.25, 0.3) is 0 Å². The predicted molar refractivity (Wildman–Crippen MR) is 92.7 cm³/mol. The van der Waals surface area contributed by atoms with Crippen LogP contribution in [0.15, 0.2) is 34.2 Å². The fourth-order valence-electron chi connectivity index (χ4n) is 2.36. The first-order valence-electron chi connectivity index (χ1n) is 8.07. The standard InChI is InChI=1S/C17H24N2O3S/c1-13-12-22-17(18-13)19-23-15-9-6-8-14(11-15)7-4-2-3-5-10-16(20)21/h6,8-9,11,13H,2-5,7,10,12H2,1H3,(H,18,19)(H,20,21). The lowest BCUT2D eigenvalue weighted by Gasteiger charge is -2.07. The maximum absolute atomic E-state index is 10.4. The summed E-state index contributed by atoms with van der Waals surface area (Å²) in [5.41, 5.74) is 1.30. The van der Waals surface area contributed by atoms with Gasteiger partial charge < -0.3 is 9.84 Å². The molecule has 1 atom stereocenters. The number of aliphatic carboxylic acids is 1. The number of nitrogens with one attached hydrogen (secondary N) is 1. The molecule has 0 bridgehead atoms. The Morgan fingerprint density at radius 2 is 2.22 bits per heavy atom. The first kappa shape index (κ1) is 17.7. The monoisotopic (exact) mass is 336 g/mol. The molecule has 6 heteroatoms. The number of ether oxygens (including phenoxy) is 1. The van der Waals surface area contributed by atoms with Crippen LogP contribution < -0.4 is 4.72 Å². The number of carboxylic acids is 1. The Kier molecular flexibility index (Phi) is 7.26. The minimum absolute atomic E-state index is 0.227. The van der Waals surface area contributed by atoms with Crippen molar-refractivity contribution in [1.29, 1.82) is 0 Å². The summed E-state index contributed by atoms with van der Waals surface area (Å²) in [6.45, 7) is 2.67. The van der Waals surface area contributed by atoms with Gasteiger partial charge in [0.05, 0.1) is 6.04 Å². The van der Waals surface area contributed by atoms with Gasteiger partial charge in [-0.1, -0.05) is 25.0 Å². The van der Waals surface area contributed by atoms with E-state index in [1.165, 1.54) is 17.5 Å². The largest absolute Gasteiger partial charge is 0.481 e. The fraction of sp³-hybridized carbons (Fsp3) is 0.529. The van der Waals surface area contributed by atoms with Crippen molar-refractivity contribution in [1.82, 2.24) is 4.72 Å². The van der Waals surface area contributed by atoms with Gasteiger partial charge in [-0.15, -0.1) is 0 Å². The molecule has 1 aliphatic heterocycles. The van der Waals surface area contributed by atoms with Crippen molar-refractivity contribution in [3.8, 4) is 0 Å². The van der Waals surface area contributed by atoms with E-state index in [2.05, 4.69) is 34.0 Å². The van der Waals surface area contributed by atoms with Gasteiger partial charge in [0.1, 0.15) is 6.61 Å². The molecular weight excluding hydrogens is 312 g/mol. The first-order chi connectivity index (χ1) is 11.1. The Hall–Kier alpha value is -1.69. The fourth-order valence-corrected chi connectivity index (χ4v) is 3.03. The maximum atomic E-state index is 10.4. The van der Waals surface area contributed by atoms with Gasteiger partial charge in [-0.25, -0.2) is 4.99 Å². The number of unbranched alkanes of at least 4 members (excludes halogenated alkanes) is 3. The van der Waals surface area contributed by atoms with Gasteiger partial charge in [-0.3, -0.25) is 9.52 Å². The van der Waals surface area contributed by atoms with Crippen LogP contribution in [-0.2, 0) is 16.0 Å². The Morgan fingerprint density at radius 1 is 1.39 bits per heavy atom. The Morgan fingerprint density at radius 3 is 2.96 bits per heavy atom. The van der Waals surface area contributed by atoms with E-state index in [0.29, 0.717) is 12.6 Å². The number of carbonyl (C=O) groups is 1. The van der Waals surface area contributed by atoms with Gasteiger partial charge in [0.2, 0.25) is 0 Å². The van der Waals surface area contributed by atoms with Gasteiger partial charge in [0, 0.05) is 11.3 Å². The molecule has 0 spiro atoms. The van der Waals surface area contributed by atoms with Gasteiger partial charge >= 0.3 is 5.97 Å². The second-order valence-electron chi connectivity index (χ2n) is 5.75. The van der Waals surface area contributed by atoms with Crippen LogP contribution in [0.2, 0.25) is 0 Å². The molecule has 1 heterocycles. The van der Waals surface area contributed by atoms with Crippen LogP contribution in [0.1, 0.15) is 44.6 Å². The molecule has 5 nitrogen and oxygen atoms in total. The van der Waals surface area contributed by atoms with E-state index in [4.69, 9.17) is 9.84 Å². The van der Waals surface area contributed by atoms with Crippen LogP contribution in [0.3, 0.4) is 0 Å². The molecule has 2 N–H and O–H groups in total. The number of hydrogen-bond acceptors (Lipinski definition) is 5. The summed E-state index contributed by atoms with van der Waals surface area (Å²) in [5.74, 6) is -0.701. The van der Waals surface area contributed by atoms with Gasteiger partial charge in [-0.2, -0.15) is 0 Å². The van der Waals surface area contributed by atoms with Crippen LogP contribution in [-0.4, -0.2) is 29.7 Å². The molecule has 126 valence electrons. The third-order valence-electron chi connectivity index (χ3n) is 3.56. The summed E-state index contributed by atoms with van der Waals surface area (Å²) in [4.78, 5) is 15.9. The lowest BCUT2D eigenvalue weighted by atomic mass is 10.1. The molecule has 0 aromatic heterocycles. The van der Waals surface area contributed by atoms with Crippen molar-refractivity contribution < 1.29 is 14.6 Å². The number of benzene rings is 1. The van der Waals surface area contributed by atoms with E-state index >= 15 is 0 Å². The maximum Gasteiger partial charge on any atom is 0.303 e. The Balaban J connectivity index is 1.68. The zero-order valence-electron chi connectivity index (χ0n) is 13.5. The number of nitrogens with zero attached hydrogens (tertiary/aromatic N) is 1. The quantitative estimate of drug-likeness (QED) is 0.532. The minimum Gasteiger partial charge on any atom is -0.481 e. The number of aryl methyl sites for hydroxylation is 1. The summed E-state index contributed by atoms with van der Waals surface area (Å²) in [6.07, 6.45) is 5.23. The highest BCUT2D eigenvalue weighted by Gasteiger charge is 2.13. The van der Waals surface area contributed by atoms with Crippen LogP contribution in [0.4, 0.5) is 0 Å². The Labute approximate surface area is 141 Å². The molecular formula is C17H24N2O3S. The van der Waals surface area contributed by atoms with Crippen LogP contribution in [0.5, 0.6) is 0 Å². The zero-order valence-corrected chi connectivity index (χ0v) is 14.3. The number of carboxylic acid groups (broad SMARTS) is 1. The lowest BCUT2D eigenvalue weighted by molar-refractivity contribution is -0.137. The molecule has 0 radical (unpaired) electrons. The summed E-state index contributed by atoms with van der Waals surface area (Å²) in [7, 11) is 0. The van der Waals surface area contributed by atoms with E-state index in [1.807, 2.05) is 6.92 Å². The molecule has 1 aromatic rings. The van der Waals surface area contributed by atoms with Crippen molar-refractivity contribution in [2.75, 3.05) is 6.61 Å². The summed E-state index contributed by atoms with van der Waals surface area (Å²) >= 11 is 1.51. The molecule has 0 saturated carbocycles.